The van der Waals surface area contributed by atoms with Gasteiger partial charge in [-0.05, 0) is 31.3 Å². The Bertz CT molecular complexity index is 274. The van der Waals surface area contributed by atoms with Crippen LogP contribution in [0.2, 0.25) is 0 Å². The predicted octanol–water partition coefficient (Wildman–Crippen LogP) is 0.287. The Morgan fingerprint density at radius 3 is 2.47 bits per heavy atom. The number of rotatable bonds is 6. The second kappa shape index (κ2) is 6.27. The normalized spacial score (nSPS) is 10.3. The first-order valence-electron chi connectivity index (χ1n) is 5.14. The van der Waals surface area contributed by atoms with Crippen LogP contribution < -0.4 is 16.0 Å². The van der Waals surface area contributed by atoms with Crippen molar-refractivity contribution in [3.63, 3.8) is 0 Å². The molecule has 4 nitrogen and oxygen atoms in total. The summed E-state index contributed by atoms with van der Waals surface area (Å²) in [7, 11) is 1.92. The monoisotopic (exact) mass is 209 g/mol. The molecule has 0 fully saturated rings. The fourth-order valence-electron chi connectivity index (χ4n) is 1.42. The van der Waals surface area contributed by atoms with E-state index in [1.165, 1.54) is 0 Å². The molecular formula is C11H19N3O. The number of aliphatic hydroxyl groups excluding tert-OH is 1. The standard InChI is InChI=1S/C11H19N3O/c1-13-6-7-14(8-9-15)11-4-2-10(12)3-5-11/h2-5,13,15H,6-9,12H2,1H3. The van der Waals surface area contributed by atoms with Gasteiger partial charge in [-0.1, -0.05) is 0 Å². The molecule has 4 N–H and O–H groups in total. The van der Waals surface area contributed by atoms with Gasteiger partial charge in [0.1, 0.15) is 0 Å². The molecule has 0 radical (unpaired) electrons. The van der Waals surface area contributed by atoms with Crippen molar-refractivity contribution >= 4 is 11.4 Å². The van der Waals surface area contributed by atoms with Gasteiger partial charge in [-0.3, -0.25) is 0 Å². The Morgan fingerprint density at radius 1 is 1.27 bits per heavy atom. The minimum Gasteiger partial charge on any atom is -0.399 e. The summed E-state index contributed by atoms with van der Waals surface area (Å²) in [6.07, 6.45) is 0. The Morgan fingerprint density at radius 2 is 1.93 bits per heavy atom. The number of likely N-dealkylation sites (N-methyl/N-ethyl adjacent to an activating group) is 1. The highest BCUT2D eigenvalue weighted by molar-refractivity contribution is 5.53. The number of hydrogen-bond donors (Lipinski definition) is 3. The second-order valence-corrected chi connectivity index (χ2v) is 3.41. The number of benzene rings is 1. The van der Waals surface area contributed by atoms with E-state index in [2.05, 4.69) is 10.2 Å². The fraction of sp³-hybridized carbons (Fsp3) is 0.455. The molecule has 84 valence electrons. The van der Waals surface area contributed by atoms with Gasteiger partial charge in [0.15, 0.2) is 0 Å². The molecule has 0 aliphatic rings. The maximum absolute atomic E-state index is 8.97. The Hall–Kier alpha value is -1.26. The first-order valence-corrected chi connectivity index (χ1v) is 5.14. The van der Waals surface area contributed by atoms with Crippen molar-refractivity contribution in [1.29, 1.82) is 0 Å². The van der Waals surface area contributed by atoms with Crippen LogP contribution in [0.3, 0.4) is 0 Å². The number of anilines is 2. The van der Waals surface area contributed by atoms with Crippen LogP contribution in [0.1, 0.15) is 0 Å². The van der Waals surface area contributed by atoms with Gasteiger partial charge < -0.3 is 21.1 Å². The van der Waals surface area contributed by atoms with E-state index in [1.54, 1.807) is 0 Å². The highest BCUT2D eigenvalue weighted by Crippen LogP contribution is 2.15. The largest absolute Gasteiger partial charge is 0.399 e. The van der Waals surface area contributed by atoms with Crippen molar-refractivity contribution in [3.8, 4) is 0 Å². The van der Waals surface area contributed by atoms with E-state index >= 15 is 0 Å². The summed E-state index contributed by atoms with van der Waals surface area (Å²) in [5.74, 6) is 0. The van der Waals surface area contributed by atoms with Crippen molar-refractivity contribution in [2.75, 3.05) is 43.9 Å². The smallest absolute Gasteiger partial charge is 0.0606 e. The maximum atomic E-state index is 8.97. The summed E-state index contributed by atoms with van der Waals surface area (Å²) in [5.41, 5.74) is 7.47. The van der Waals surface area contributed by atoms with Crippen molar-refractivity contribution in [2.24, 2.45) is 0 Å². The lowest BCUT2D eigenvalue weighted by atomic mass is 10.2. The number of hydrogen-bond acceptors (Lipinski definition) is 4. The van der Waals surface area contributed by atoms with Crippen LogP contribution in [0.25, 0.3) is 0 Å². The summed E-state index contributed by atoms with van der Waals surface area (Å²) in [6.45, 7) is 2.57. The Balaban J connectivity index is 2.65. The highest BCUT2D eigenvalue weighted by atomic mass is 16.3. The third-order valence-electron chi connectivity index (χ3n) is 2.26. The molecule has 1 rings (SSSR count). The summed E-state index contributed by atoms with van der Waals surface area (Å²) >= 11 is 0. The van der Waals surface area contributed by atoms with Gasteiger partial charge in [0.25, 0.3) is 0 Å². The maximum Gasteiger partial charge on any atom is 0.0606 e. The zero-order valence-corrected chi connectivity index (χ0v) is 9.11. The topological polar surface area (TPSA) is 61.5 Å². The molecule has 0 heterocycles. The number of nitrogens with two attached hydrogens (primary N) is 1. The molecule has 1 aromatic rings. The zero-order valence-electron chi connectivity index (χ0n) is 9.11. The second-order valence-electron chi connectivity index (χ2n) is 3.41. The van der Waals surface area contributed by atoms with E-state index in [1.807, 2.05) is 31.3 Å². The third kappa shape index (κ3) is 3.77. The van der Waals surface area contributed by atoms with Crippen molar-refractivity contribution in [2.45, 2.75) is 0 Å². The van der Waals surface area contributed by atoms with Crippen LogP contribution in [0, 0.1) is 0 Å². The SMILES string of the molecule is CNCCN(CCO)c1ccc(N)cc1. The van der Waals surface area contributed by atoms with Crippen LogP contribution in [-0.4, -0.2) is 38.4 Å². The summed E-state index contributed by atoms with van der Waals surface area (Å²) in [5, 5.41) is 12.1. The van der Waals surface area contributed by atoms with E-state index in [-0.39, 0.29) is 6.61 Å². The first-order chi connectivity index (χ1) is 7.27. The van der Waals surface area contributed by atoms with Crippen molar-refractivity contribution in [3.05, 3.63) is 24.3 Å². The van der Waals surface area contributed by atoms with Gasteiger partial charge in [0, 0.05) is 31.0 Å². The van der Waals surface area contributed by atoms with Crippen LogP contribution in [0.4, 0.5) is 11.4 Å². The lowest BCUT2D eigenvalue weighted by Gasteiger charge is -2.23. The van der Waals surface area contributed by atoms with Gasteiger partial charge >= 0.3 is 0 Å². The van der Waals surface area contributed by atoms with Crippen LogP contribution >= 0.6 is 0 Å². The van der Waals surface area contributed by atoms with Crippen molar-refractivity contribution in [1.82, 2.24) is 5.32 Å². The summed E-state index contributed by atoms with van der Waals surface area (Å²) in [6, 6.07) is 7.69. The number of nitrogens with zero attached hydrogens (tertiary/aromatic N) is 1. The Kier molecular flexibility index (Phi) is 4.93. The highest BCUT2D eigenvalue weighted by Gasteiger charge is 2.04. The minimum atomic E-state index is 0.161. The molecule has 0 amide bonds. The molecule has 0 atom stereocenters. The van der Waals surface area contributed by atoms with E-state index in [0.717, 1.165) is 24.5 Å². The molecule has 0 saturated carbocycles. The fourth-order valence-corrected chi connectivity index (χ4v) is 1.42. The van der Waals surface area contributed by atoms with Crippen LogP contribution in [0.5, 0.6) is 0 Å². The van der Waals surface area contributed by atoms with Gasteiger partial charge in [-0.15, -0.1) is 0 Å². The lowest BCUT2D eigenvalue weighted by Crippen LogP contribution is -2.33. The predicted molar refractivity (Wildman–Crippen MR) is 64.1 cm³/mol. The number of nitrogens with one attached hydrogen (secondary N) is 1. The summed E-state index contributed by atoms with van der Waals surface area (Å²) < 4.78 is 0. The zero-order chi connectivity index (χ0) is 11.1. The molecule has 15 heavy (non-hydrogen) atoms. The molecular weight excluding hydrogens is 190 g/mol. The summed E-state index contributed by atoms with van der Waals surface area (Å²) in [4.78, 5) is 2.12. The average Bonchev–Trinajstić information content (AvgIpc) is 2.25. The molecule has 1 aromatic carbocycles. The van der Waals surface area contributed by atoms with E-state index < -0.39 is 0 Å². The lowest BCUT2D eigenvalue weighted by molar-refractivity contribution is 0.302. The van der Waals surface area contributed by atoms with Gasteiger partial charge in [0.2, 0.25) is 0 Å². The van der Waals surface area contributed by atoms with Crippen LogP contribution in [0.15, 0.2) is 24.3 Å². The molecule has 0 aromatic heterocycles. The number of aliphatic hydroxyl groups is 1. The average molecular weight is 209 g/mol. The molecule has 4 heteroatoms. The van der Waals surface area contributed by atoms with Gasteiger partial charge in [-0.25, -0.2) is 0 Å². The Labute approximate surface area is 90.7 Å². The molecule has 0 saturated heterocycles. The first kappa shape index (κ1) is 11.8. The molecule has 0 aliphatic carbocycles. The van der Waals surface area contributed by atoms with Crippen LogP contribution in [-0.2, 0) is 0 Å². The third-order valence-corrected chi connectivity index (χ3v) is 2.26. The quantitative estimate of drug-likeness (QED) is 0.589. The van der Waals surface area contributed by atoms with Gasteiger partial charge in [-0.2, -0.15) is 0 Å². The minimum absolute atomic E-state index is 0.161. The van der Waals surface area contributed by atoms with Gasteiger partial charge in [0.05, 0.1) is 6.61 Å². The van der Waals surface area contributed by atoms with E-state index in [9.17, 15) is 0 Å². The molecule has 0 unspecified atom stereocenters. The molecule has 0 spiro atoms. The van der Waals surface area contributed by atoms with E-state index in [0.29, 0.717) is 6.54 Å². The van der Waals surface area contributed by atoms with E-state index in [4.69, 9.17) is 10.8 Å². The van der Waals surface area contributed by atoms with Crippen molar-refractivity contribution < 1.29 is 5.11 Å². The molecule has 0 bridgehead atoms. The molecule has 0 aliphatic heterocycles. The number of nitrogen functional groups attached to an aromatic ring is 1.